The maximum Gasteiger partial charge on any atom is 0.0372 e. The van der Waals surface area contributed by atoms with Gasteiger partial charge in [0.25, 0.3) is 0 Å². The highest BCUT2D eigenvalue weighted by Crippen LogP contribution is 2.17. The predicted molar refractivity (Wildman–Crippen MR) is 72.2 cm³/mol. The molecule has 0 heterocycles. The standard InChI is InChI=1S/C14H24N2/c1-11-7-6-8-13(12(11)2)15-9-10-16-14(3,4)5/h6-8,15-16H,9-10H2,1-5H3. The number of hydrogen-bond donors (Lipinski definition) is 2. The molecule has 0 saturated heterocycles. The van der Waals surface area contributed by atoms with Gasteiger partial charge in [-0.1, -0.05) is 12.1 Å². The summed E-state index contributed by atoms with van der Waals surface area (Å²) in [5.74, 6) is 0. The van der Waals surface area contributed by atoms with Gasteiger partial charge in [0.15, 0.2) is 0 Å². The van der Waals surface area contributed by atoms with Crippen LogP contribution in [0.3, 0.4) is 0 Å². The Morgan fingerprint density at radius 1 is 1.06 bits per heavy atom. The summed E-state index contributed by atoms with van der Waals surface area (Å²) in [6.45, 7) is 12.8. The van der Waals surface area contributed by atoms with E-state index in [0.29, 0.717) is 0 Å². The molecule has 2 N–H and O–H groups in total. The first kappa shape index (κ1) is 13.0. The predicted octanol–water partition coefficient (Wildman–Crippen LogP) is 3.10. The Kier molecular flexibility index (Phi) is 4.36. The summed E-state index contributed by atoms with van der Waals surface area (Å²) in [7, 11) is 0. The molecule has 0 aliphatic carbocycles. The lowest BCUT2D eigenvalue weighted by atomic mass is 10.1. The van der Waals surface area contributed by atoms with E-state index in [9.17, 15) is 0 Å². The zero-order chi connectivity index (χ0) is 12.2. The van der Waals surface area contributed by atoms with Crippen molar-refractivity contribution in [2.24, 2.45) is 0 Å². The lowest BCUT2D eigenvalue weighted by molar-refractivity contribution is 0.435. The zero-order valence-corrected chi connectivity index (χ0v) is 11.1. The van der Waals surface area contributed by atoms with Crippen molar-refractivity contribution in [3.8, 4) is 0 Å². The van der Waals surface area contributed by atoms with Crippen LogP contribution >= 0.6 is 0 Å². The number of aryl methyl sites for hydroxylation is 1. The molecule has 2 nitrogen and oxygen atoms in total. The summed E-state index contributed by atoms with van der Waals surface area (Å²) in [4.78, 5) is 0. The minimum atomic E-state index is 0.198. The number of rotatable bonds is 4. The molecule has 2 heteroatoms. The van der Waals surface area contributed by atoms with Gasteiger partial charge in [0, 0.05) is 24.3 Å². The molecule has 1 aromatic carbocycles. The Balaban J connectivity index is 2.41. The van der Waals surface area contributed by atoms with E-state index in [1.807, 2.05) is 0 Å². The van der Waals surface area contributed by atoms with Crippen molar-refractivity contribution in [3.63, 3.8) is 0 Å². The van der Waals surface area contributed by atoms with Gasteiger partial charge in [0.05, 0.1) is 0 Å². The van der Waals surface area contributed by atoms with Crippen LogP contribution in [0.25, 0.3) is 0 Å². The molecular weight excluding hydrogens is 196 g/mol. The maximum atomic E-state index is 3.46. The van der Waals surface area contributed by atoms with Crippen LogP contribution in [0.1, 0.15) is 31.9 Å². The third kappa shape index (κ3) is 4.23. The average molecular weight is 220 g/mol. The number of nitrogens with one attached hydrogen (secondary N) is 2. The van der Waals surface area contributed by atoms with E-state index in [4.69, 9.17) is 0 Å². The van der Waals surface area contributed by atoms with E-state index >= 15 is 0 Å². The monoisotopic (exact) mass is 220 g/mol. The average Bonchev–Trinajstić information content (AvgIpc) is 2.17. The van der Waals surface area contributed by atoms with Gasteiger partial charge in [0.1, 0.15) is 0 Å². The molecule has 90 valence electrons. The molecule has 0 spiro atoms. The second-order valence-corrected chi connectivity index (χ2v) is 5.35. The summed E-state index contributed by atoms with van der Waals surface area (Å²) in [5, 5.41) is 6.93. The summed E-state index contributed by atoms with van der Waals surface area (Å²) >= 11 is 0. The molecule has 1 rings (SSSR count). The van der Waals surface area contributed by atoms with Gasteiger partial charge in [-0.3, -0.25) is 0 Å². The van der Waals surface area contributed by atoms with E-state index in [2.05, 4.69) is 63.5 Å². The quantitative estimate of drug-likeness (QED) is 0.762. The summed E-state index contributed by atoms with van der Waals surface area (Å²) in [6, 6.07) is 6.38. The molecule has 1 aromatic rings. The summed E-state index contributed by atoms with van der Waals surface area (Å²) in [5.41, 5.74) is 4.13. The van der Waals surface area contributed by atoms with Crippen LogP contribution in [-0.4, -0.2) is 18.6 Å². The van der Waals surface area contributed by atoms with Crippen LogP contribution in [-0.2, 0) is 0 Å². The smallest absolute Gasteiger partial charge is 0.0372 e. The van der Waals surface area contributed by atoms with Crippen LogP contribution in [0.4, 0.5) is 5.69 Å². The van der Waals surface area contributed by atoms with Crippen molar-refractivity contribution in [2.45, 2.75) is 40.2 Å². The zero-order valence-electron chi connectivity index (χ0n) is 11.1. The first-order valence-corrected chi connectivity index (χ1v) is 5.95. The van der Waals surface area contributed by atoms with Gasteiger partial charge < -0.3 is 10.6 Å². The number of benzene rings is 1. The Labute approximate surface area is 99.5 Å². The molecule has 0 unspecified atom stereocenters. The van der Waals surface area contributed by atoms with Gasteiger partial charge >= 0.3 is 0 Å². The number of anilines is 1. The van der Waals surface area contributed by atoms with Crippen LogP contribution in [0.5, 0.6) is 0 Å². The maximum absolute atomic E-state index is 3.46. The van der Waals surface area contributed by atoms with Crippen molar-refractivity contribution in [3.05, 3.63) is 29.3 Å². The van der Waals surface area contributed by atoms with E-state index < -0.39 is 0 Å². The molecule has 0 radical (unpaired) electrons. The first-order valence-electron chi connectivity index (χ1n) is 5.95. The Hall–Kier alpha value is -1.02. The van der Waals surface area contributed by atoms with E-state index in [0.717, 1.165) is 13.1 Å². The molecule has 0 bridgehead atoms. The number of hydrogen-bond acceptors (Lipinski definition) is 2. The van der Waals surface area contributed by atoms with E-state index in [1.54, 1.807) is 0 Å². The highest BCUT2D eigenvalue weighted by atomic mass is 15.0. The van der Waals surface area contributed by atoms with Crippen molar-refractivity contribution in [1.29, 1.82) is 0 Å². The Morgan fingerprint density at radius 2 is 1.75 bits per heavy atom. The van der Waals surface area contributed by atoms with E-state index in [-0.39, 0.29) is 5.54 Å². The van der Waals surface area contributed by atoms with Crippen molar-refractivity contribution in [1.82, 2.24) is 5.32 Å². The minimum Gasteiger partial charge on any atom is -0.384 e. The largest absolute Gasteiger partial charge is 0.384 e. The molecule has 0 fully saturated rings. The topological polar surface area (TPSA) is 24.1 Å². The van der Waals surface area contributed by atoms with Gasteiger partial charge in [-0.15, -0.1) is 0 Å². The lowest BCUT2D eigenvalue weighted by Gasteiger charge is -2.21. The summed E-state index contributed by atoms with van der Waals surface area (Å²) < 4.78 is 0. The van der Waals surface area contributed by atoms with Crippen LogP contribution < -0.4 is 10.6 Å². The Morgan fingerprint density at radius 3 is 2.38 bits per heavy atom. The second-order valence-electron chi connectivity index (χ2n) is 5.35. The SMILES string of the molecule is Cc1cccc(NCCNC(C)(C)C)c1C. The van der Waals surface area contributed by atoms with Gasteiger partial charge in [-0.2, -0.15) is 0 Å². The molecule has 0 atom stereocenters. The fourth-order valence-electron chi connectivity index (χ4n) is 1.58. The minimum absolute atomic E-state index is 0.198. The fraction of sp³-hybridized carbons (Fsp3) is 0.571. The molecule has 0 aromatic heterocycles. The Bertz CT molecular complexity index is 337. The molecule has 16 heavy (non-hydrogen) atoms. The highest BCUT2D eigenvalue weighted by molar-refractivity contribution is 5.53. The normalized spacial score (nSPS) is 11.6. The van der Waals surface area contributed by atoms with Crippen molar-refractivity contribution >= 4 is 5.69 Å². The van der Waals surface area contributed by atoms with Gasteiger partial charge in [-0.05, 0) is 51.8 Å². The van der Waals surface area contributed by atoms with E-state index in [1.165, 1.54) is 16.8 Å². The van der Waals surface area contributed by atoms with Crippen molar-refractivity contribution in [2.75, 3.05) is 18.4 Å². The molecule has 0 saturated carbocycles. The summed E-state index contributed by atoms with van der Waals surface area (Å²) in [6.07, 6.45) is 0. The lowest BCUT2D eigenvalue weighted by Crippen LogP contribution is -2.38. The van der Waals surface area contributed by atoms with Gasteiger partial charge in [-0.25, -0.2) is 0 Å². The van der Waals surface area contributed by atoms with Crippen LogP contribution in [0.2, 0.25) is 0 Å². The second kappa shape index (κ2) is 5.35. The molecule has 0 aliphatic heterocycles. The molecular formula is C14H24N2. The van der Waals surface area contributed by atoms with Gasteiger partial charge in [0.2, 0.25) is 0 Å². The van der Waals surface area contributed by atoms with Crippen LogP contribution in [0, 0.1) is 13.8 Å². The van der Waals surface area contributed by atoms with Crippen molar-refractivity contribution < 1.29 is 0 Å². The third-order valence-electron chi connectivity index (χ3n) is 2.70. The first-order chi connectivity index (χ1) is 7.40. The highest BCUT2D eigenvalue weighted by Gasteiger charge is 2.07. The molecule has 0 aliphatic rings. The fourth-order valence-corrected chi connectivity index (χ4v) is 1.58. The third-order valence-corrected chi connectivity index (χ3v) is 2.70. The van der Waals surface area contributed by atoms with Crippen LogP contribution in [0.15, 0.2) is 18.2 Å². The molecule has 0 amide bonds.